The zero-order valence-electron chi connectivity index (χ0n) is 15.1. The van der Waals surface area contributed by atoms with E-state index < -0.39 is 0 Å². The number of hydrogen-bond donors (Lipinski definition) is 0. The minimum atomic E-state index is -0.371. The highest BCUT2D eigenvalue weighted by atomic mass is 19.1. The largest absolute Gasteiger partial charge is 0.378 e. The summed E-state index contributed by atoms with van der Waals surface area (Å²) >= 11 is 0. The fourth-order valence-electron chi connectivity index (χ4n) is 3.70. The number of halogens is 1. The van der Waals surface area contributed by atoms with E-state index in [4.69, 9.17) is 9.26 Å². The second kappa shape index (κ2) is 8.04. The van der Waals surface area contributed by atoms with Crippen LogP contribution in [0, 0.1) is 11.7 Å². The molecule has 0 spiro atoms. The van der Waals surface area contributed by atoms with Gasteiger partial charge in [0.2, 0.25) is 11.7 Å². The summed E-state index contributed by atoms with van der Waals surface area (Å²) in [5.74, 6) is 0.640. The van der Waals surface area contributed by atoms with Crippen molar-refractivity contribution in [3.05, 3.63) is 36.0 Å². The predicted octanol–water partition coefficient (Wildman–Crippen LogP) is 2.58. The van der Waals surface area contributed by atoms with E-state index in [0.29, 0.717) is 50.7 Å². The van der Waals surface area contributed by atoms with Crippen molar-refractivity contribution in [3.63, 3.8) is 0 Å². The highest BCUT2D eigenvalue weighted by molar-refractivity contribution is 5.74. The number of carbonyl (C=O) groups excluding carboxylic acids is 1. The SMILES string of the molecule is O=C(N1CCOCC1)N1CCC[C@@H](Cc2nc(-c3ccccc3F)no2)C1. The van der Waals surface area contributed by atoms with E-state index in [1.54, 1.807) is 18.2 Å². The molecular formula is C19H23FN4O3. The van der Waals surface area contributed by atoms with Gasteiger partial charge in [-0.05, 0) is 30.9 Å². The number of nitrogens with zero attached hydrogens (tertiary/aromatic N) is 4. The molecule has 144 valence electrons. The highest BCUT2D eigenvalue weighted by Gasteiger charge is 2.29. The van der Waals surface area contributed by atoms with Crippen LogP contribution in [0.4, 0.5) is 9.18 Å². The third-order valence-corrected chi connectivity index (χ3v) is 5.12. The molecule has 4 rings (SSSR count). The maximum atomic E-state index is 13.9. The van der Waals surface area contributed by atoms with Gasteiger partial charge in [-0.15, -0.1) is 0 Å². The number of aromatic nitrogens is 2. The molecule has 2 aliphatic heterocycles. The lowest BCUT2D eigenvalue weighted by atomic mass is 9.95. The standard InChI is InChI=1S/C19H23FN4O3/c20-16-6-2-1-5-15(16)18-21-17(27-22-18)12-14-4-3-7-24(13-14)19(25)23-8-10-26-11-9-23/h1-2,5-6,14H,3-4,7-13H2/t14-/m0/s1. The van der Waals surface area contributed by atoms with Crippen LogP contribution in [0.1, 0.15) is 18.7 Å². The van der Waals surface area contributed by atoms with Crippen molar-refractivity contribution in [1.82, 2.24) is 19.9 Å². The summed E-state index contributed by atoms with van der Waals surface area (Å²) in [7, 11) is 0. The molecule has 1 aromatic carbocycles. The van der Waals surface area contributed by atoms with Crippen LogP contribution in [0.25, 0.3) is 11.4 Å². The molecule has 2 saturated heterocycles. The molecule has 0 radical (unpaired) electrons. The van der Waals surface area contributed by atoms with Crippen molar-refractivity contribution in [2.45, 2.75) is 19.3 Å². The first-order chi connectivity index (χ1) is 13.2. The highest BCUT2D eigenvalue weighted by Crippen LogP contribution is 2.24. The van der Waals surface area contributed by atoms with E-state index in [1.165, 1.54) is 6.07 Å². The molecule has 2 aliphatic rings. The normalized spacial score (nSPS) is 20.7. The van der Waals surface area contributed by atoms with Crippen molar-refractivity contribution in [3.8, 4) is 11.4 Å². The molecule has 8 heteroatoms. The molecule has 2 fully saturated rings. The number of ether oxygens (including phenoxy) is 1. The molecule has 0 unspecified atom stereocenters. The van der Waals surface area contributed by atoms with Gasteiger partial charge in [0.15, 0.2) is 0 Å². The van der Waals surface area contributed by atoms with Crippen LogP contribution in [0.2, 0.25) is 0 Å². The molecule has 2 aromatic rings. The Hall–Kier alpha value is -2.48. The summed E-state index contributed by atoms with van der Waals surface area (Å²) in [5.41, 5.74) is 0.334. The van der Waals surface area contributed by atoms with Crippen LogP contribution in [-0.4, -0.2) is 65.4 Å². The molecule has 0 saturated carbocycles. The maximum absolute atomic E-state index is 13.9. The monoisotopic (exact) mass is 374 g/mol. The Kier molecular flexibility index (Phi) is 5.33. The third-order valence-electron chi connectivity index (χ3n) is 5.12. The minimum absolute atomic E-state index is 0.0839. The minimum Gasteiger partial charge on any atom is -0.378 e. The van der Waals surface area contributed by atoms with E-state index in [1.807, 2.05) is 9.80 Å². The van der Waals surface area contributed by atoms with Crippen molar-refractivity contribution in [2.24, 2.45) is 5.92 Å². The van der Waals surface area contributed by atoms with Gasteiger partial charge >= 0.3 is 6.03 Å². The van der Waals surface area contributed by atoms with E-state index in [9.17, 15) is 9.18 Å². The van der Waals surface area contributed by atoms with Gasteiger partial charge in [-0.2, -0.15) is 4.98 Å². The molecule has 27 heavy (non-hydrogen) atoms. The zero-order chi connectivity index (χ0) is 18.6. The number of morpholine rings is 1. The van der Waals surface area contributed by atoms with E-state index in [2.05, 4.69) is 10.1 Å². The molecule has 2 amide bonds. The van der Waals surface area contributed by atoms with E-state index >= 15 is 0 Å². The quantitative estimate of drug-likeness (QED) is 0.826. The number of rotatable bonds is 3. The van der Waals surface area contributed by atoms with Crippen molar-refractivity contribution >= 4 is 6.03 Å². The Morgan fingerprint density at radius 3 is 2.81 bits per heavy atom. The van der Waals surface area contributed by atoms with Crippen molar-refractivity contribution in [1.29, 1.82) is 0 Å². The molecule has 0 N–H and O–H groups in total. The van der Waals surface area contributed by atoms with Gasteiger partial charge in [0.1, 0.15) is 5.82 Å². The van der Waals surface area contributed by atoms with Crippen LogP contribution in [0.15, 0.2) is 28.8 Å². The Morgan fingerprint density at radius 1 is 1.19 bits per heavy atom. The molecule has 1 aromatic heterocycles. The van der Waals surface area contributed by atoms with Crippen molar-refractivity contribution < 1.29 is 18.4 Å². The predicted molar refractivity (Wildman–Crippen MR) is 95.5 cm³/mol. The number of urea groups is 1. The summed E-state index contributed by atoms with van der Waals surface area (Å²) in [6.07, 6.45) is 2.55. The number of benzene rings is 1. The fraction of sp³-hybridized carbons (Fsp3) is 0.526. The Morgan fingerprint density at radius 2 is 2.00 bits per heavy atom. The van der Waals surface area contributed by atoms with Crippen LogP contribution in [0.3, 0.4) is 0 Å². The summed E-state index contributed by atoms with van der Waals surface area (Å²) in [4.78, 5) is 20.8. The summed E-state index contributed by atoms with van der Waals surface area (Å²) in [6.45, 7) is 3.95. The summed E-state index contributed by atoms with van der Waals surface area (Å²) < 4.78 is 24.5. The van der Waals surface area contributed by atoms with E-state index in [-0.39, 0.29) is 23.6 Å². The van der Waals surface area contributed by atoms with Gasteiger partial charge in [-0.3, -0.25) is 0 Å². The molecule has 1 atom stereocenters. The Balaban J connectivity index is 1.38. The molecule has 0 aliphatic carbocycles. The lowest BCUT2D eigenvalue weighted by Crippen LogP contribution is -2.51. The number of piperidine rings is 1. The van der Waals surface area contributed by atoms with Crippen LogP contribution < -0.4 is 0 Å². The maximum Gasteiger partial charge on any atom is 0.320 e. The average molecular weight is 374 g/mol. The number of hydrogen-bond acceptors (Lipinski definition) is 5. The first kappa shape index (κ1) is 17.9. The summed E-state index contributed by atoms with van der Waals surface area (Å²) in [5, 5.41) is 3.91. The summed E-state index contributed by atoms with van der Waals surface area (Å²) in [6, 6.07) is 6.46. The molecule has 0 bridgehead atoms. The molecule has 7 nitrogen and oxygen atoms in total. The smallest absolute Gasteiger partial charge is 0.320 e. The van der Waals surface area contributed by atoms with Gasteiger partial charge < -0.3 is 19.1 Å². The van der Waals surface area contributed by atoms with Gasteiger partial charge in [-0.25, -0.2) is 9.18 Å². The van der Waals surface area contributed by atoms with Gasteiger partial charge in [0.05, 0.1) is 18.8 Å². The zero-order valence-corrected chi connectivity index (χ0v) is 15.1. The average Bonchev–Trinajstić information content (AvgIpc) is 3.17. The van der Waals surface area contributed by atoms with Crippen LogP contribution >= 0.6 is 0 Å². The van der Waals surface area contributed by atoms with Gasteiger partial charge in [0, 0.05) is 32.6 Å². The molecule has 3 heterocycles. The van der Waals surface area contributed by atoms with Crippen molar-refractivity contribution in [2.75, 3.05) is 39.4 Å². The van der Waals surface area contributed by atoms with Crippen LogP contribution in [-0.2, 0) is 11.2 Å². The first-order valence-electron chi connectivity index (χ1n) is 9.40. The van der Waals surface area contributed by atoms with Gasteiger partial charge in [0.25, 0.3) is 0 Å². The number of carbonyl (C=O) groups is 1. The first-order valence-corrected chi connectivity index (χ1v) is 9.40. The van der Waals surface area contributed by atoms with Crippen LogP contribution in [0.5, 0.6) is 0 Å². The number of amides is 2. The van der Waals surface area contributed by atoms with E-state index in [0.717, 1.165) is 19.4 Å². The lowest BCUT2D eigenvalue weighted by molar-refractivity contribution is 0.0389. The Bertz CT molecular complexity index is 791. The fourth-order valence-corrected chi connectivity index (χ4v) is 3.70. The third kappa shape index (κ3) is 4.10. The molecular weight excluding hydrogens is 351 g/mol. The second-order valence-corrected chi connectivity index (χ2v) is 7.03. The lowest BCUT2D eigenvalue weighted by Gasteiger charge is -2.37. The Labute approximate surface area is 157 Å². The topological polar surface area (TPSA) is 71.7 Å². The number of likely N-dealkylation sites (tertiary alicyclic amines) is 1. The van der Waals surface area contributed by atoms with Gasteiger partial charge in [-0.1, -0.05) is 17.3 Å². The second-order valence-electron chi connectivity index (χ2n) is 7.03.